The first-order valence-electron chi connectivity index (χ1n) is 11.9. The zero-order chi connectivity index (χ0) is 29.2. The lowest BCUT2D eigenvalue weighted by Crippen LogP contribution is -2.71. The monoisotopic (exact) mass is 593 g/mol. The maximum atomic E-state index is 13.3. The number of thioether (sulfide) groups is 1. The summed E-state index contributed by atoms with van der Waals surface area (Å²) in [5.41, 5.74) is 5.30. The van der Waals surface area contributed by atoms with Crippen LogP contribution in [0.25, 0.3) is 0 Å². The minimum absolute atomic E-state index is 0.0551. The van der Waals surface area contributed by atoms with Gasteiger partial charge in [0.1, 0.15) is 36.0 Å². The van der Waals surface area contributed by atoms with E-state index in [1.54, 1.807) is 26.8 Å². The smallest absolute Gasteiger partial charge is 0.357 e. The number of oxime groups is 1. The van der Waals surface area contributed by atoms with E-state index in [4.69, 9.17) is 24.8 Å². The number of amides is 2. The van der Waals surface area contributed by atoms with Gasteiger partial charge in [0.05, 0.1) is 5.41 Å². The highest BCUT2D eigenvalue weighted by Gasteiger charge is 2.55. The largest absolute Gasteiger partial charge is 0.455 e. The number of carbonyl (C=O) groups is 5. The molecule has 0 radical (unpaired) electrons. The number of hydrogen-bond donors (Lipinski definition) is 2. The molecule has 14 nitrogen and oxygen atoms in total. The number of fused-ring (bicyclic) bond motifs is 1. The summed E-state index contributed by atoms with van der Waals surface area (Å²) >= 11 is 2.41. The highest BCUT2D eigenvalue weighted by atomic mass is 32.2. The third-order valence-corrected chi connectivity index (χ3v) is 7.86. The summed E-state index contributed by atoms with van der Waals surface area (Å²) in [4.78, 5) is 73.1. The van der Waals surface area contributed by atoms with Crippen molar-refractivity contribution in [3.8, 4) is 0 Å². The Kier molecular flexibility index (Phi) is 8.48. The maximum Gasteiger partial charge on any atom is 0.357 e. The van der Waals surface area contributed by atoms with Crippen molar-refractivity contribution >= 4 is 63.7 Å². The fourth-order valence-corrected chi connectivity index (χ4v) is 5.83. The summed E-state index contributed by atoms with van der Waals surface area (Å²) in [5.74, 6) is -3.00. The normalized spacial score (nSPS) is 22.4. The van der Waals surface area contributed by atoms with Gasteiger partial charge in [0.2, 0.25) is 6.79 Å². The number of hydrogen-bond acceptors (Lipinski definition) is 14. The van der Waals surface area contributed by atoms with E-state index in [1.165, 1.54) is 35.2 Å². The summed E-state index contributed by atoms with van der Waals surface area (Å²) in [7, 11) is 1.26. The number of cyclic esters (lactones) is 1. The van der Waals surface area contributed by atoms with Gasteiger partial charge in [0, 0.05) is 23.6 Å². The van der Waals surface area contributed by atoms with Crippen LogP contribution in [0.1, 0.15) is 32.9 Å². The van der Waals surface area contributed by atoms with Gasteiger partial charge in [-0.25, -0.2) is 14.6 Å². The minimum Gasteiger partial charge on any atom is -0.455 e. The second kappa shape index (κ2) is 11.7. The predicted octanol–water partition coefficient (Wildman–Crippen LogP) is 0.692. The Hall–Kier alpha value is -3.92. The van der Waals surface area contributed by atoms with E-state index in [9.17, 15) is 24.0 Å². The van der Waals surface area contributed by atoms with E-state index in [2.05, 4.69) is 15.5 Å². The second-order valence-corrected chi connectivity index (χ2v) is 11.8. The lowest BCUT2D eigenvalue weighted by molar-refractivity contribution is -0.173. The number of thiazole rings is 1. The summed E-state index contributed by atoms with van der Waals surface area (Å²) in [6.45, 7) is 4.29. The molecule has 0 aliphatic carbocycles. The number of nitrogen functional groups attached to an aromatic ring is 1. The Morgan fingerprint density at radius 1 is 1.27 bits per heavy atom. The molecule has 0 spiro atoms. The van der Waals surface area contributed by atoms with E-state index in [0.29, 0.717) is 5.57 Å². The molecular formula is C24H27N5O9S2. The van der Waals surface area contributed by atoms with Gasteiger partial charge in [-0.1, -0.05) is 5.16 Å². The summed E-state index contributed by atoms with van der Waals surface area (Å²) in [6.07, 6.45) is 2.36. The van der Waals surface area contributed by atoms with Crippen molar-refractivity contribution < 1.29 is 43.0 Å². The molecule has 3 aliphatic rings. The molecule has 2 amide bonds. The van der Waals surface area contributed by atoms with Gasteiger partial charge in [0.15, 0.2) is 10.8 Å². The lowest BCUT2D eigenvalue weighted by atomic mass is 9.98. The first-order valence-corrected chi connectivity index (χ1v) is 13.9. The van der Waals surface area contributed by atoms with E-state index < -0.39 is 59.4 Å². The van der Waals surface area contributed by atoms with Crippen molar-refractivity contribution in [1.29, 1.82) is 0 Å². The molecule has 40 heavy (non-hydrogen) atoms. The minimum atomic E-state index is -0.997. The summed E-state index contributed by atoms with van der Waals surface area (Å²) < 4.78 is 15.4. The van der Waals surface area contributed by atoms with Crippen molar-refractivity contribution in [3.63, 3.8) is 0 Å². The van der Waals surface area contributed by atoms with Gasteiger partial charge in [-0.3, -0.25) is 19.3 Å². The van der Waals surface area contributed by atoms with Gasteiger partial charge >= 0.3 is 17.9 Å². The Morgan fingerprint density at radius 2 is 2.02 bits per heavy atom. The van der Waals surface area contributed by atoms with Crippen molar-refractivity contribution in [1.82, 2.24) is 15.2 Å². The number of nitrogens with two attached hydrogens (primary N) is 1. The highest BCUT2D eigenvalue weighted by molar-refractivity contribution is 8.00. The molecule has 1 aromatic rings. The number of nitrogens with one attached hydrogen (secondary N) is 1. The average Bonchev–Trinajstić information content (AvgIpc) is 3.51. The number of anilines is 1. The zero-order valence-electron chi connectivity index (χ0n) is 22.0. The van der Waals surface area contributed by atoms with Crippen LogP contribution in [0.3, 0.4) is 0 Å². The predicted molar refractivity (Wildman–Crippen MR) is 142 cm³/mol. The topological polar surface area (TPSA) is 189 Å². The van der Waals surface area contributed by atoms with Crippen LogP contribution in [0, 0.1) is 5.41 Å². The number of carbonyl (C=O) groups excluding carboxylic acids is 5. The third-order valence-electron chi connectivity index (χ3n) is 5.84. The molecule has 16 heteroatoms. The molecule has 4 heterocycles. The van der Waals surface area contributed by atoms with E-state index in [1.807, 2.05) is 0 Å². The number of aromatic nitrogens is 1. The van der Waals surface area contributed by atoms with Crippen LogP contribution >= 0.6 is 23.1 Å². The van der Waals surface area contributed by atoms with Crippen LogP contribution in [0.4, 0.5) is 5.13 Å². The SMILES string of the molecule is CO/N=C(/C(=O)N[C@@H]1C(=O)N2C(C(=O)OCOC(=O)C(C)(C)C)=C(CC3C=CC(=O)O3)CS[C@H]12)c1csc(N)n1. The second-order valence-electron chi connectivity index (χ2n) is 9.78. The number of nitrogens with zero attached hydrogens (tertiary/aromatic N) is 3. The lowest BCUT2D eigenvalue weighted by Gasteiger charge is -2.49. The Labute approximate surface area is 236 Å². The molecule has 0 saturated carbocycles. The van der Waals surface area contributed by atoms with Crippen molar-refractivity contribution in [2.45, 2.75) is 44.7 Å². The molecule has 1 fully saturated rings. The summed E-state index contributed by atoms with van der Waals surface area (Å²) in [5, 5.41) is 7.44. The molecular weight excluding hydrogens is 566 g/mol. The maximum absolute atomic E-state index is 13.3. The first-order chi connectivity index (χ1) is 18.9. The number of β-lactam (4-membered cyclic amide) rings is 1. The van der Waals surface area contributed by atoms with Crippen LogP contribution in [0.5, 0.6) is 0 Å². The highest BCUT2D eigenvalue weighted by Crippen LogP contribution is 2.42. The Bertz CT molecular complexity index is 1330. The fourth-order valence-electron chi connectivity index (χ4n) is 3.92. The first kappa shape index (κ1) is 29.1. The molecule has 3 atom stereocenters. The molecule has 0 aromatic carbocycles. The third kappa shape index (κ3) is 6.12. The molecule has 4 rings (SSSR count). The van der Waals surface area contributed by atoms with Crippen molar-refractivity contribution in [3.05, 3.63) is 34.5 Å². The van der Waals surface area contributed by atoms with Gasteiger partial charge in [-0.05, 0) is 32.4 Å². The van der Waals surface area contributed by atoms with Crippen LogP contribution in [-0.2, 0) is 43.0 Å². The van der Waals surface area contributed by atoms with Crippen LogP contribution < -0.4 is 11.1 Å². The van der Waals surface area contributed by atoms with E-state index >= 15 is 0 Å². The molecule has 3 aliphatic heterocycles. The summed E-state index contributed by atoms with van der Waals surface area (Å²) in [6, 6.07) is -0.997. The average molecular weight is 594 g/mol. The van der Waals surface area contributed by atoms with Crippen LogP contribution in [0.15, 0.2) is 34.0 Å². The standard InChI is InChI=1S/C24H27N5O9S2/c1-24(2,3)22(34)37-10-36-21(33)17-11(7-12-5-6-14(30)38-12)8-39-20-16(19(32)29(17)20)27-18(31)15(28-35-4)13-9-40-23(25)26-13/h5-6,9,12,16,20H,7-8,10H2,1-4H3,(H2,25,26)(H,27,31)/b28-15+/t12?,16-,20-/m1/s1. The molecule has 1 saturated heterocycles. The fraction of sp³-hybridized carbons (Fsp3) is 0.458. The zero-order valence-corrected chi connectivity index (χ0v) is 23.6. The quantitative estimate of drug-likeness (QED) is 0.134. The van der Waals surface area contributed by atoms with Crippen molar-refractivity contribution in [2.24, 2.45) is 10.6 Å². The Morgan fingerprint density at radius 3 is 2.62 bits per heavy atom. The van der Waals surface area contributed by atoms with E-state index in [0.717, 1.165) is 11.3 Å². The van der Waals surface area contributed by atoms with Gasteiger partial charge in [-0.15, -0.1) is 23.1 Å². The molecule has 3 N–H and O–H groups in total. The number of esters is 3. The Balaban J connectivity index is 1.52. The van der Waals surface area contributed by atoms with Gasteiger partial charge < -0.3 is 30.1 Å². The molecule has 1 unspecified atom stereocenters. The van der Waals surface area contributed by atoms with Gasteiger partial charge in [0.25, 0.3) is 11.8 Å². The number of ether oxygens (including phenoxy) is 3. The van der Waals surface area contributed by atoms with E-state index in [-0.39, 0.29) is 34.4 Å². The van der Waals surface area contributed by atoms with Crippen molar-refractivity contribution in [2.75, 3.05) is 25.4 Å². The van der Waals surface area contributed by atoms with Crippen LogP contribution in [-0.4, -0.2) is 82.5 Å². The van der Waals surface area contributed by atoms with Gasteiger partial charge in [-0.2, -0.15) is 0 Å². The molecule has 1 aromatic heterocycles. The molecule has 0 bridgehead atoms. The van der Waals surface area contributed by atoms with Crippen LogP contribution in [0.2, 0.25) is 0 Å². The number of rotatable bonds is 9. The molecule has 214 valence electrons.